The maximum absolute atomic E-state index is 12.7. The second-order valence-electron chi connectivity index (χ2n) is 6.70. The zero-order valence-electron chi connectivity index (χ0n) is 14.3. The molecule has 26 heavy (non-hydrogen) atoms. The molecule has 9 heteroatoms. The van der Waals surface area contributed by atoms with Gasteiger partial charge in [0, 0.05) is 44.6 Å². The molecule has 1 unspecified atom stereocenters. The van der Waals surface area contributed by atoms with Crippen molar-refractivity contribution in [3.8, 4) is 0 Å². The van der Waals surface area contributed by atoms with E-state index in [9.17, 15) is 9.59 Å². The lowest BCUT2D eigenvalue weighted by Gasteiger charge is -2.36. The quantitative estimate of drug-likeness (QED) is 0.861. The van der Waals surface area contributed by atoms with Crippen molar-refractivity contribution in [1.29, 1.82) is 0 Å². The van der Waals surface area contributed by atoms with Crippen molar-refractivity contribution < 1.29 is 14.7 Å². The van der Waals surface area contributed by atoms with Crippen LogP contribution in [-0.4, -0.2) is 67.8 Å². The summed E-state index contributed by atoms with van der Waals surface area (Å²) in [7, 11) is 0. The minimum absolute atomic E-state index is 0.0831. The molecular weight excluding hydrogens is 336 g/mol. The predicted molar refractivity (Wildman–Crippen MR) is 92.1 cm³/mol. The summed E-state index contributed by atoms with van der Waals surface area (Å²) < 4.78 is 1.49. The molecule has 0 spiro atoms. The molecular formula is C17H20N6O3. The van der Waals surface area contributed by atoms with Crippen molar-refractivity contribution in [2.75, 3.05) is 31.1 Å². The van der Waals surface area contributed by atoms with Crippen LogP contribution in [0.1, 0.15) is 33.8 Å². The second-order valence-corrected chi connectivity index (χ2v) is 6.70. The predicted octanol–water partition coefficient (Wildman–Crippen LogP) is 0.744. The van der Waals surface area contributed by atoms with Crippen molar-refractivity contribution in [3.05, 3.63) is 35.9 Å². The molecule has 1 fully saturated rings. The van der Waals surface area contributed by atoms with Gasteiger partial charge in [-0.25, -0.2) is 14.8 Å². The number of carboxylic acid groups (broad SMARTS) is 1. The van der Waals surface area contributed by atoms with Crippen LogP contribution >= 0.6 is 0 Å². The van der Waals surface area contributed by atoms with Crippen LogP contribution in [0.2, 0.25) is 0 Å². The van der Waals surface area contributed by atoms with Gasteiger partial charge in [-0.15, -0.1) is 0 Å². The number of hydrogen-bond acceptors (Lipinski definition) is 6. The summed E-state index contributed by atoms with van der Waals surface area (Å²) >= 11 is 0. The average molecular weight is 356 g/mol. The SMILES string of the molecule is O=C(O)c1cc2n(n1)CCN(CC1CCCN(c3ncccn3)C1)C2=O. The molecule has 1 saturated heterocycles. The van der Waals surface area contributed by atoms with Crippen LogP contribution < -0.4 is 4.90 Å². The third kappa shape index (κ3) is 3.12. The Balaban J connectivity index is 1.44. The first-order valence-corrected chi connectivity index (χ1v) is 8.74. The Labute approximate surface area is 150 Å². The molecule has 2 aliphatic rings. The standard InChI is InChI=1S/C17H20N6O3/c24-15-14-9-13(16(25)26)20-23(14)8-7-21(15)10-12-3-1-6-22(11-12)17-18-4-2-5-19-17/h2,4-5,9,12H,1,3,6-8,10-11H2,(H,25,26). The number of amides is 1. The summed E-state index contributed by atoms with van der Waals surface area (Å²) in [6.07, 6.45) is 5.56. The summed E-state index contributed by atoms with van der Waals surface area (Å²) in [6, 6.07) is 3.16. The molecule has 0 radical (unpaired) electrons. The van der Waals surface area contributed by atoms with E-state index in [1.165, 1.54) is 10.7 Å². The Morgan fingerprint density at radius 2 is 2.04 bits per heavy atom. The maximum atomic E-state index is 12.7. The Bertz CT molecular complexity index is 821. The first kappa shape index (κ1) is 16.5. The molecule has 4 rings (SSSR count). The average Bonchev–Trinajstić information content (AvgIpc) is 3.11. The number of anilines is 1. The van der Waals surface area contributed by atoms with Gasteiger partial charge in [-0.1, -0.05) is 0 Å². The number of hydrogen-bond donors (Lipinski definition) is 1. The number of carbonyl (C=O) groups is 2. The summed E-state index contributed by atoms with van der Waals surface area (Å²) in [5.41, 5.74) is 0.271. The Morgan fingerprint density at radius 1 is 1.23 bits per heavy atom. The van der Waals surface area contributed by atoms with E-state index < -0.39 is 5.97 Å². The zero-order valence-corrected chi connectivity index (χ0v) is 14.3. The fourth-order valence-corrected chi connectivity index (χ4v) is 3.68. The minimum Gasteiger partial charge on any atom is -0.476 e. The van der Waals surface area contributed by atoms with Crippen molar-refractivity contribution in [1.82, 2.24) is 24.6 Å². The first-order valence-electron chi connectivity index (χ1n) is 8.74. The van der Waals surface area contributed by atoms with Crippen LogP contribution in [0.15, 0.2) is 24.5 Å². The highest BCUT2D eigenvalue weighted by atomic mass is 16.4. The van der Waals surface area contributed by atoms with Gasteiger partial charge in [0.2, 0.25) is 5.95 Å². The number of carbonyl (C=O) groups excluding carboxylic acids is 1. The fourth-order valence-electron chi connectivity index (χ4n) is 3.68. The van der Waals surface area contributed by atoms with E-state index >= 15 is 0 Å². The number of fused-ring (bicyclic) bond motifs is 1. The lowest BCUT2D eigenvalue weighted by Crippen LogP contribution is -2.46. The van der Waals surface area contributed by atoms with Gasteiger partial charge in [0.25, 0.3) is 5.91 Å². The van der Waals surface area contributed by atoms with Gasteiger partial charge < -0.3 is 14.9 Å². The number of rotatable bonds is 4. The molecule has 9 nitrogen and oxygen atoms in total. The Kier molecular flexibility index (Phi) is 4.27. The van der Waals surface area contributed by atoms with Crippen molar-refractivity contribution in [3.63, 3.8) is 0 Å². The van der Waals surface area contributed by atoms with Gasteiger partial charge in [0.05, 0.1) is 6.54 Å². The number of nitrogens with zero attached hydrogens (tertiary/aromatic N) is 6. The fraction of sp³-hybridized carbons (Fsp3) is 0.471. The van der Waals surface area contributed by atoms with Crippen molar-refractivity contribution in [2.24, 2.45) is 5.92 Å². The molecule has 2 aromatic rings. The number of carboxylic acids is 1. The maximum Gasteiger partial charge on any atom is 0.356 e. The molecule has 1 amide bonds. The smallest absolute Gasteiger partial charge is 0.356 e. The van der Waals surface area contributed by atoms with Gasteiger partial charge in [-0.2, -0.15) is 5.10 Å². The lowest BCUT2D eigenvalue weighted by molar-refractivity contribution is 0.0654. The largest absolute Gasteiger partial charge is 0.476 e. The molecule has 0 saturated carbocycles. The summed E-state index contributed by atoms with van der Waals surface area (Å²) in [6.45, 7) is 3.45. The summed E-state index contributed by atoms with van der Waals surface area (Å²) in [4.78, 5) is 36.4. The van der Waals surface area contributed by atoms with Gasteiger partial charge in [0.1, 0.15) is 5.69 Å². The third-order valence-electron chi connectivity index (χ3n) is 4.92. The highest BCUT2D eigenvalue weighted by molar-refractivity contribution is 5.96. The van der Waals surface area contributed by atoms with Crippen LogP contribution in [0.5, 0.6) is 0 Å². The zero-order chi connectivity index (χ0) is 18.1. The van der Waals surface area contributed by atoms with Crippen LogP contribution in [0.3, 0.4) is 0 Å². The summed E-state index contributed by atoms with van der Waals surface area (Å²) in [5.74, 6) is -0.197. The topological polar surface area (TPSA) is 104 Å². The van der Waals surface area contributed by atoms with Crippen LogP contribution in [0.25, 0.3) is 0 Å². The molecule has 2 aliphatic heterocycles. The Morgan fingerprint density at radius 3 is 2.81 bits per heavy atom. The van der Waals surface area contributed by atoms with Crippen LogP contribution in [-0.2, 0) is 6.54 Å². The van der Waals surface area contributed by atoms with E-state index in [1.54, 1.807) is 18.5 Å². The number of aromatic carboxylic acids is 1. The Hall–Kier alpha value is -2.97. The monoisotopic (exact) mass is 356 g/mol. The molecule has 0 aromatic carbocycles. The van der Waals surface area contributed by atoms with E-state index in [0.29, 0.717) is 31.2 Å². The first-order chi connectivity index (χ1) is 12.6. The molecule has 4 heterocycles. The second kappa shape index (κ2) is 6.74. The lowest BCUT2D eigenvalue weighted by atomic mass is 9.97. The van der Waals surface area contributed by atoms with E-state index in [-0.39, 0.29) is 11.6 Å². The molecule has 1 atom stereocenters. The van der Waals surface area contributed by atoms with E-state index in [4.69, 9.17) is 5.11 Å². The molecule has 2 aromatic heterocycles. The van der Waals surface area contributed by atoms with Gasteiger partial charge >= 0.3 is 5.97 Å². The van der Waals surface area contributed by atoms with E-state index in [1.807, 2.05) is 4.90 Å². The van der Waals surface area contributed by atoms with Crippen LogP contribution in [0.4, 0.5) is 5.95 Å². The van der Waals surface area contributed by atoms with E-state index in [2.05, 4.69) is 20.0 Å². The molecule has 1 N–H and O–H groups in total. The highest BCUT2D eigenvalue weighted by Crippen LogP contribution is 2.23. The van der Waals surface area contributed by atoms with E-state index in [0.717, 1.165) is 31.9 Å². The van der Waals surface area contributed by atoms with Gasteiger partial charge in [0.15, 0.2) is 5.69 Å². The van der Waals surface area contributed by atoms with Crippen molar-refractivity contribution >= 4 is 17.8 Å². The minimum atomic E-state index is -1.11. The molecule has 136 valence electrons. The van der Waals surface area contributed by atoms with Gasteiger partial charge in [-0.3, -0.25) is 9.48 Å². The third-order valence-corrected chi connectivity index (χ3v) is 4.92. The summed E-state index contributed by atoms with van der Waals surface area (Å²) in [5, 5.41) is 13.0. The highest BCUT2D eigenvalue weighted by Gasteiger charge is 2.31. The molecule has 0 bridgehead atoms. The normalized spacial score (nSPS) is 20.2. The van der Waals surface area contributed by atoms with Crippen LogP contribution in [0, 0.1) is 5.92 Å². The van der Waals surface area contributed by atoms with Gasteiger partial charge in [-0.05, 0) is 24.8 Å². The number of piperidine rings is 1. The van der Waals surface area contributed by atoms with Crippen molar-refractivity contribution in [2.45, 2.75) is 19.4 Å². The molecule has 0 aliphatic carbocycles. The number of aromatic nitrogens is 4.